The van der Waals surface area contributed by atoms with Crippen LogP contribution in [0, 0.1) is 0 Å². The molecule has 0 unspecified atom stereocenters. The predicted octanol–water partition coefficient (Wildman–Crippen LogP) is 1.51. The van der Waals surface area contributed by atoms with Gasteiger partial charge in [-0.15, -0.1) is 0 Å². The van der Waals surface area contributed by atoms with Crippen LogP contribution in [0.15, 0.2) is 0 Å². The fourth-order valence-corrected chi connectivity index (χ4v) is 1.79. The second kappa shape index (κ2) is 5.39. The lowest BCUT2D eigenvalue weighted by Gasteiger charge is -2.04. The van der Waals surface area contributed by atoms with E-state index in [4.69, 9.17) is 15.2 Å². The van der Waals surface area contributed by atoms with Gasteiger partial charge in [-0.1, -0.05) is 0 Å². The number of nitrogens with zero attached hydrogens (tertiary/aromatic N) is 2. The van der Waals surface area contributed by atoms with E-state index in [1.807, 2.05) is 6.92 Å². The van der Waals surface area contributed by atoms with Gasteiger partial charge in [0.1, 0.15) is 5.82 Å². The lowest BCUT2D eigenvalue weighted by molar-refractivity contribution is 0.0511. The molecule has 0 bridgehead atoms. The Labute approximate surface area is 106 Å². The minimum Gasteiger partial charge on any atom is -0.461 e. The Morgan fingerprint density at radius 2 is 2.17 bits per heavy atom. The summed E-state index contributed by atoms with van der Waals surface area (Å²) in [5, 5.41) is 4.28. The van der Waals surface area contributed by atoms with Crippen molar-refractivity contribution >= 4 is 11.8 Å². The summed E-state index contributed by atoms with van der Waals surface area (Å²) in [6.07, 6.45) is 2.12. The number of carbonyl (C=O) groups is 1. The van der Waals surface area contributed by atoms with Crippen molar-refractivity contribution in [2.45, 2.75) is 39.3 Å². The molecule has 1 aromatic rings. The Hall–Kier alpha value is -1.56. The minimum atomic E-state index is -0.432. The first-order chi connectivity index (χ1) is 8.69. The zero-order valence-corrected chi connectivity index (χ0v) is 10.8. The van der Waals surface area contributed by atoms with E-state index in [0.717, 1.165) is 12.8 Å². The molecule has 1 aliphatic rings. The molecule has 1 aromatic heterocycles. The van der Waals surface area contributed by atoms with Crippen molar-refractivity contribution in [2.24, 2.45) is 0 Å². The molecule has 1 saturated carbocycles. The summed E-state index contributed by atoms with van der Waals surface area (Å²) >= 11 is 0. The lowest BCUT2D eigenvalue weighted by atomic mass is 10.2. The van der Waals surface area contributed by atoms with Crippen LogP contribution in [-0.2, 0) is 16.1 Å². The first-order valence-electron chi connectivity index (χ1n) is 6.30. The Morgan fingerprint density at radius 1 is 1.44 bits per heavy atom. The number of hydrogen-bond donors (Lipinski definition) is 1. The van der Waals surface area contributed by atoms with E-state index in [1.165, 1.54) is 0 Å². The quantitative estimate of drug-likeness (QED) is 0.777. The van der Waals surface area contributed by atoms with Gasteiger partial charge in [-0.3, -0.25) is 0 Å². The number of ether oxygens (including phenoxy) is 2. The minimum absolute atomic E-state index is 0.287. The molecule has 0 spiro atoms. The van der Waals surface area contributed by atoms with Crippen molar-refractivity contribution in [1.29, 1.82) is 0 Å². The number of carbonyl (C=O) groups excluding carboxylic acids is 1. The van der Waals surface area contributed by atoms with E-state index in [9.17, 15) is 4.79 Å². The fourth-order valence-electron chi connectivity index (χ4n) is 1.79. The summed E-state index contributed by atoms with van der Waals surface area (Å²) in [4.78, 5) is 11.8. The van der Waals surface area contributed by atoms with Crippen molar-refractivity contribution < 1.29 is 14.3 Å². The van der Waals surface area contributed by atoms with E-state index in [2.05, 4.69) is 5.10 Å². The third-order valence-corrected chi connectivity index (χ3v) is 2.86. The summed E-state index contributed by atoms with van der Waals surface area (Å²) < 4.78 is 12.1. The molecule has 1 fully saturated rings. The highest BCUT2D eigenvalue weighted by atomic mass is 16.5. The Bertz CT molecular complexity index is 438. The third-order valence-electron chi connectivity index (χ3n) is 2.86. The molecular weight excluding hydrogens is 234 g/mol. The predicted molar refractivity (Wildman–Crippen MR) is 66.2 cm³/mol. The van der Waals surface area contributed by atoms with E-state index in [1.54, 1.807) is 11.6 Å². The molecule has 0 saturated heterocycles. The number of anilines is 1. The molecule has 100 valence electrons. The van der Waals surface area contributed by atoms with Crippen molar-refractivity contribution in [2.75, 3.05) is 18.9 Å². The van der Waals surface area contributed by atoms with Gasteiger partial charge in [-0.2, -0.15) is 5.10 Å². The van der Waals surface area contributed by atoms with E-state index in [-0.39, 0.29) is 5.69 Å². The second-order valence-electron chi connectivity index (χ2n) is 4.25. The molecule has 0 atom stereocenters. The fraction of sp³-hybridized carbons (Fsp3) is 0.667. The number of hydrogen-bond acceptors (Lipinski definition) is 5. The van der Waals surface area contributed by atoms with Gasteiger partial charge in [0.15, 0.2) is 5.69 Å². The van der Waals surface area contributed by atoms with Crippen LogP contribution >= 0.6 is 0 Å². The van der Waals surface area contributed by atoms with Crippen LogP contribution in [0.2, 0.25) is 0 Å². The zero-order chi connectivity index (χ0) is 13.1. The Balaban J connectivity index is 2.29. The zero-order valence-electron chi connectivity index (χ0n) is 10.8. The molecule has 1 heterocycles. The molecule has 2 rings (SSSR count). The van der Waals surface area contributed by atoms with Crippen molar-refractivity contribution in [3.63, 3.8) is 0 Å². The number of nitrogens with two attached hydrogens (primary N) is 1. The molecule has 0 radical (unpaired) electrons. The van der Waals surface area contributed by atoms with Crippen LogP contribution in [0.3, 0.4) is 0 Å². The number of rotatable bonds is 6. The highest BCUT2D eigenvalue weighted by molar-refractivity contribution is 5.90. The van der Waals surface area contributed by atoms with Crippen LogP contribution in [0.4, 0.5) is 5.82 Å². The third kappa shape index (κ3) is 2.48. The highest BCUT2D eigenvalue weighted by Gasteiger charge is 2.31. The molecule has 18 heavy (non-hydrogen) atoms. The Morgan fingerprint density at radius 3 is 2.72 bits per heavy atom. The van der Waals surface area contributed by atoms with Crippen LogP contribution in [-0.4, -0.2) is 29.0 Å². The second-order valence-corrected chi connectivity index (χ2v) is 4.25. The van der Waals surface area contributed by atoms with Gasteiger partial charge in [-0.25, -0.2) is 9.48 Å². The number of esters is 1. The van der Waals surface area contributed by atoms with E-state index >= 15 is 0 Å². The standard InChI is InChI=1S/C12H19N3O3/c1-3-17-7-9-10(12(16)18-4-2)14-15(11(9)13)8-5-6-8/h8H,3-7,13H2,1-2H3. The largest absolute Gasteiger partial charge is 0.461 e. The highest BCUT2D eigenvalue weighted by Crippen LogP contribution is 2.37. The number of aromatic nitrogens is 2. The Kier molecular flexibility index (Phi) is 3.86. The summed E-state index contributed by atoms with van der Waals surface area (Å²) in [7, 11) is 0. The normalized spacial score (nSPS) is 14.8. The average Bonchev–Trinajstić information content (AvgIpc) is 3.13. The van der Waals surface area contributed by atoms with Gasteiger partial charge in [0, 0.05) is 6.61 Å². The lowest BCUT2D eigenvalue weighted by Crippen LogP contribution is -2.09. The van der Waals surface area contributed by atoms with Gasteiger partial charge >= 0.3 is 5.97 Å². The van der Waals surface area contributed by atoms with Gasteiger partial charge in [0.2, 0.25) is 0 Å². The van der Waals surface area contributed by atoms with Gasteiger partial charge < -0.3 is 15.2 Å². The summed E-state index contributed by atoms with van der Waals surface area (Å²) in [5.74, 6) is 0.0901. The van der Waals surface area contributed by atoms with Crippen molar-refractivity contribution in [1.82, 2.24) is 9.78 Å². The van der Waals surface area contributed by atoms with Gasteiger partial charge in [0.25, 0.3) is 0 Å². The molecule has 0 aliphatic heterocycles. The maximum absolute atomic E-state index is 11.8. The molecule has 1 aliphatic carbocycles. The van der Waals surface area contributed by atoms with E-state index < -0.39 is 5.97 Å². The molecule has 6 heteroatoms. The first kappa shape index (κ1) is 12.9. The smallest absolute Gasteiger partial charge is 0.359 e. The van der Waals surface area contributed by atoms with Crippen LogP contribution in [0.1, 0.15) is 48.8 Å². The molecule has 6 nitrogen and oxygen atoms in total. The summed E-state index contributed by atoms with van der Waals surface area (Å²) in [6, 6.07) is 0.327. The molecule has 0 aromatic carbocycles. The summed E-state index contributed by atoms with van der Waals surface area (Å²) in [5.41, 5.74) is 6.96. The van der Waals surface area contributed by atoms with Crippen molar-refractivity contribution in [3.8, 4) is 0 Å². The first-order valence-corrected chi connectivity index (χ1v) is 6.30. The van der Waals surface area contributed by atoms with E-state index in [0.29, 0.717) is 37.2 Å². The van der Waals surface area contributed by atoms with Gasteiger partial charge in [0.05, 0.1) is 24.8 Å². The van der Waals surface area contributed by atoms with Crippen LogP contribution in [0.5, 0.6) is 0 Å². The van der Waals surface area contributed by atoms with Gasteiger partial charge in [-0.05, 0) is 26.7 Å². The molecule has 0 amide bonds. The molecular formula is C12H19N3O3. The topological polar surface area (TPSA) is 79.4 Å². The SMILES string of the molecule is CCOCc1c(C(=O)OCC)nn(C2CC2)c1N. The van der Waals surface area contributed by atoms with Crippen molar-refractivity contribution in [3.05, 3.63) is 11.3 Å². The molecule has 2 N–H and O–H groups in total. The monoisotopic (exact) mass is 253 g/mol. The van der Waals surface area contributed by atoms with Crippen LogP contribution < -0.4 is 5.73 Å². The van der Waals surface area contributed by atoms with Crippen LogP contribution in [0.25, 0.3) is 0 Å². The maximum atomic E-state index is 11.8. The number of nitrogen functional groups attached to an aromatic ring is 1. The summed E-state index contributed by atoms with van der Waals surface area (Å²) in [6.45, 7) is 4.84. The maximum Gasteiger partial charge on any atom is 0.359 e. The average molecular weight is 253 g/mol.